The Bertz CT molecular complexity index is 511. The summed E-state index contributed by atoms with van der Waals surface area (Å²) in [4.78, 5) is 0. The van der Waals surface area contributed by atoms with Crippen LogP contribution in [0.4, 0.5) is 5.82 Å². The standard InChI is InChI=1S/C10H12N6/c1-3-5-8(4-2)11-9-6-7-10-12-14-15-16(10)13-9/h2,6-8H,3,5H2,1H3,(H,11,13). The smallest absolute Gasteiger partial charge is 0.200 e. The van der Waals surface area contributed by atoms with E-state index in [9.17, 15) is 0 Å². The van der Waals surface area contributed by atoms with Gasteiger partial charge in [0.25, 0.3) is 0 Å². The molecule has 82 valence electrons. The Kier molecular flexibility index (Phi) is 2.96. The molecule has 1 atom stereocenters. The Balaban J connectivity index is 2.17. The van der Waals surface area contributed by atoms with Gasteiger partial charge in [-0.1, -0.05) is 19.3 Å². The second-order valence-corrected chi connectivity index (χ2v) is 3.40. The molecule has 0 saturated carbocycles. The summed E-state index contributed by atoms with van der Waals surface area (Å²) < 4.78 is 1.36. The molecule has 0 fully saturated rings. The highest BCUT2D eigenvalue weighted by Crippen LogP contribution is 2.07. The van der Waals surface area contributed by atoms with E-state index in [1.807, 2.05) is 6.07 Å². The molecule has 2 aromatic rings. The fraction of sp³-hybridized carbons (Fsp3) is 0.400. The monoisotopic (exact) mass is 216 g/mol. The summed E-state index contributed by atoms with van der Waals surface area (Å²) in [5.74, 6) is 3.36. The average Bonchev–Trinajstić information content (AvgIpc) is 2.75. The molecule has 0 saturated heterocycles. The van der Waals surface area contributed by atoms with Crippen molar-refractivity contribution in [2.45, 2.75) is 25.8 Å². The lowest BCUT2D eigenvalue weighted by molar-refractivity contribution is 0.716. The van der Waals surface area contributed by atoms with E-state index in [1.165, 1.54) is 4.63 Å². The van der Waals surface area contributed by atoms with Crippen molar-refractivity contribution >= 4 is 11.5 Å². The maximum Gasteiger partial charge on any atom is 0.200 e. The van der Waals surface area contributed by atoms with Crippen molar-refractivity contribution in [1.82, 2.24) is 25.3 Å². The third-order valence-electron chi connectivity index (χ3n) is 2.17. The van der Waals surface area contributed by atoms with Gasteiger partial charge in [-0.3, -0.25) is 0 Å². The van der Waals surface area contributed by atoms with Gasteiger partial charge in [0.1, 0.15) is 5.82 Å². The van der Waals surface area contributed by atoms with Crippen molar-refractivity contribution in [2.75, 3.05) is 5.32 Å². The number of anilines is 1. The number of rotatable bonds is 4. The Morgan fingerprint density at radius 3 is 3.19 bits per heavy atom. The Morgan fingerprint density at radius 1 is 1.56 bits per heavy atom. The minimum atomic E-state index is -0.00793. The van der Waals surface area contributed by atoms with Crippen LogP contribution in [0.2, 0.25) is 0 Å². The topological polar surface area (TPSA) is 68.0 Å². The van der Waals surface area contributed by atoms with Gasteiger partial charge in [-0.15, -0.1) is 21.3 Å². The van der Waals surface area contributed by atoms with Crippen molar-refractivity contribution in [3.05, 3.63) is 12.1 Å². The molecule has 16 heavy (non-hydrogen) atoms. The van der Waals surface area contributed by atoms with Gasteiger partial charge in [0.15, 0.2) is 5.65 Å². The van der Waals surface area contributed by atoms with Crippen LogP contribution < -0.4 is 5.32 Å². The highest BCUT2D eigenvalue weighted by molar-refractivity contribution is 5.43. The summed E-state index contributed by atoms with van der Waals surface area (Å²) in [5, 5.41) is 18.3. The van der Waals surface area contributed by atoms with Crippen LogP contribution in [0.3, 0.4) is 0 Å². The predicted molar refractivity (Wildman–Crippen MR) is 59.7 cm³/mol. The van der Waals surface area contributed by atoms with E-state index in [2.05, 4.69) is 38.8 Å². The van der Waals surface area contributed by atoms with Gasteiger partial charge in [0.05, 0.1) is 6.04 Å². The van der Waals surface area contributed by atoms with Crippen LogP contribution in [0.5, 0.6) is 0 Å². The first-order valence-corrected chi connectivity index (χ1v) is 5.11. The van der Waals surface area contributed by atoms with E-state index < -0.39 is 0 Å². The number of hydrogen-bond donors (Lipinski definition) is 1. The fourth-order valence-electron chi connectivity index (χ4n) is 1.39. The van der Waals surface area contributed by atoms with Crippen LogP contribution in [0, 0.1) is 12.3 Å². The van der Waals surface area contributed by atoms with Crippen LogP contribution in [0.25, 0.3) is 5.65 Å². The third-order valence-corrected chi connectivity index (χ3v) is 2.17. The SMILES string of the molecule is C#CC(CCC)Nc1ccc2nnnn2n1. The summed E-state index contributed by atoms with van der Waals surface area (Å²) in [6.07, 6.45) is 7.34. The van der Waals surface area contributed by atoms with Crippen LogP contribution in [-0.2, 0) is 0 Å². The van der Waals surface area contributed by atoms with E-state index in [4.69, 9.17) is 6.42 Å². The number of nitrogens with one attached hydrogen (secondary N) is 1. The van der Waals surface area contributed by atoms with Gasteiger partial charge in [0.2, 0.25) is 0 Å². The molecule has 2 aromatic heterocycles. The fourth-order valence-corrected chi connectivity index (χ4v) is 1.39. The molecule has 2 heterocycles. The number of nitrogens with zero attached hydrogens (tertiary/aromatic N) is 5. The van der Waals surface area contributed by atoms with E-state index >= 15 is 0 Å². The van der Waals surface area contributed by atoms with E-state index in [0.29, 0.717) is 11.5 Å². The summed E-state index contributed by atoms with van der Waals surface area (Å²) in [7, 11) is 0. The van der Waals surface area contributed by atoms with Crippen molar-refractivity contribution in [3.63, 3.8) is 0 Å². The zero-order valence-electron chi connectivity index (χ0n) is 8.96. The average molecular weight is 216 g/mol. The van der Waals surface area contributed by atoms with Crippen molar-refractivity contribution in [2.24, 2.45) is 0 Å². The minimum absolute atomic E-state index is 0.00793. The molecule has 0 bridgehead atoms. The van der Waals surface area contributed by atoms with Gasteiger partial charge in [-0.2, -0.15) is 0 Å². The molecule has 6 nitrogen and oxygen atoms in total. The van der Waals surface area contributed by atoms with Crippen LogP contribution >= 0.6 is 0 Å². The molecule has 0 spiro atoms. The molecule has 0 aromatic carbocycles. The molecule has 0 aliphatic carbocycles. The predicted octanol–water partition coefficient (Wildman–Crippen LogP) is 0.733. The van der Waals surface area contributed by atoms with Crippen molar-refractivity contribution < 1.29 is 0 Å². The highest BCUT2D eigenvalue weighted by atomic mass is 15.6. The molecule has 0 aliphatic heterocycles. The van der Waals surface area contributed by atoms with Crippen molar-refractivity contribution in [3.8, 4) is 12.3 Å². The number of fused-ring (bicyclic) bond motifs is 1. The molecule has 0 amide bonds. The zero-order chi connectivity index (χ0) is 11.4. The first-order valence-electron chi connectivity index (χ1n) is 5.11. The summed E-state index contributed by atoms with van der Waals surface area (Å²) in [6.45, 7) is 2.09. The highest BCUT2D eigenvalue weighted by Gasteiger charge is 2.05. The first-order chi connectivity index (χ1) is 7.83. The molecule has 0 radical (unpaired) electrons. The summed E-state index contributed by atoms with van der Waals surface area (Å²) >= 11 is 0. The van der Waals surface area contributed by atoms with Gasteiger partial charge in [0, 0.05) is 0 Å². The van der Waals surface area contributed by atoms with Crippen molar-refractivity contribution in [1.29, 1.82) is 0 Å². The number of tetrazole rings is 1. The summed E-state index contributed by atoms with van der Waals surface area (Å²) in [6, 6.07) is 3.59. The second-order valence-electron chi connectivity index (χ2n) is 3.40. The lowest BCUT2D eigenvalue weighted by Gasteiger charge is -2.11. The summed E-state index contributed by atoms with van der Waals surface area (Å²) in [5.41, 5.74) is 0.610. The van der Waals surface area contributed by atoms with E-state index in [-0.39, 0.29) is 6.04 Å². The van der Waals surface area contributed by atoms with Crippen LogP contribution in [0.15, 0.2) is 12.1 Å². The molecule has 0 aliphatic rings. The van der Waals surface area contributed by atoms with E-state index in [1.54, 1.807) is 6.07 Å². The number of terminal acetylenes is 1. The van der Waals surface area contributed by atoms with E-state index in [0.717, 1.165) is 12.8 Å². The molecule has 2 rings (SSSR count). The largest absolute Gasteiger partial charge is 0.355 e. The first kappa shape index (κ1) is 10.4. The molecule has 1 unspecified atom stereocenters. The lowest BCUT2D eigenvalue weighted by Crippen LogP contribution is -2.18. The maximum absolute atomic E-state index is 5.41. The zero-order valence-corrected chi connectivity index (χ0v) is 8.96. The van der Waals surface area contributed by atoms with Crippen LogP contribution in [-0.4, -0.2) is 31.3 Å². The third kappa shape index (κ3) is 2.08. The van der Waals surface area contributed by atoms with Gasteiger partial charge < -0.3 is 5.32 Å². The van der Waals surface area contributed by atoms with Gasteiger partial charge in [-0.05, 0) is 29.0 Å². The maximum atomic E-state index is 5.41. The Labute approximate surface area is 93.0 Å². The second kappa shape index (κ2) is 4.57. The van der Waals surface area contributed by atoms with Crippen LogP contribution in [0.1, 0.15) is 19.8 Å². The Morgan fingerprint density at radius 2 is 2.44 bits per heavy atom. The molecule has 1 N–H and O–H groups in total. The minimum Gasteiger partial charge on any atom is -0.355 e. The quantitative estimate of drug-likeness (QED) is 0.763. The van der Waals surface area contributed by atoms with Gasteiger partial charge >= 0.3 is 0 Å². The number of hydrogen-bond acceptors (Lipinski definition) is 5. The molecule has 6 heteroatoms. The normalized spacial score (nSPS) is 12.2. The Hall–Kier alpha value is -2.16. The number of aromatic nitrogens is 5. The lowest BCUT2D eigenvalue weighted by atomic mass is 10.2. The van der Waals surface area contributed by atoms with Gasteiger partial charge in [-0.25, -0.2) is 0 Å². The molecular formula is C10H12N6. The molecular weight excluding hydrogens is 204 g/mol.